The Hall–Kier alpha value is -0.570. The molecule has 1 rings (SSSR count). The smallest absolute Gasteiger partial charge is 0.310 e. The van der Waals surface area contributed by atoms with Crippen molar-refractivity contribution in [2.75, 3.05) is 6.54 Å². The maximum absolute atomic E-state index is 12.3. The van der Waals surface area contributed by atoms with Crippen molar-refractivity contribution in [2.45, 2.75) is 72.3 Å². The summed E-state index contributed by atoms with van der Waals surface area (Å²) >= 11 is 0. The minimum absolute atomic E-state index is 0.0808. The van der Waals surface area contributed by atoms with Crippen LogP contribution in [0.5, 0.6) is 0 Å². The molecule has 0 radical (unpaired) electrons. The molecule has 0 aromatic rings. The summed E-state index contributed by atoms with van der Waals surface area (Å²) < 4.78 is 5.77. The van der Waals surface area contributed by atoms with Crippen LogP contribution in [0.2, 0.25) is 0 Å². The molecule has 3 unspecified atom stereocenters. The lowest BCUT2D eigenvalue weighted by Crippen LogP contribution is -2.36. The van der Waals surface area contributed by atoms with Gasteiger partial charge in [0.15, 0.2) is 0 Å². The lowest BCUT2D eigenvalue weighted by molar-refractivity contribution is -0.159. The van der Waals surface area contributed by atoms with Crippen LogP contribution in [0.1, 0.15) is 66.2 Å². The van der Waals surface area contributed by atoms with Crippen molar-refractivity contribution in [1.29, 1.82) is 0 Å². The van der Waals surface area contributed by atoms with Gasteiger partial charge in [-0.05, 0) is 43.4 Å². The third kappa shape index (κ3) is 5.52. The molecule has 1 aliphatic rings. The summed E-state index contributed by atoms with van der Waals surface area (Å²) in [6.07, 6.45) is 6.70. The Kier molecular flexibility index (Phi) is 6.31. The highest BCUT2D eigenvalue weighted by atomic mass is 16.5. The van der Waals surface area contributed by atoms with Crippen molar-refractivity contribution >= 4 is 5.97 Å². The van der Waals surface area contributed by atoms with Crippen LogP contribution in [0.15, 0.2) is 0 Å². The quantitative estimate of drug-likeness (QED) is 0.777. The number of esters is 1. The molecule has 1 aliphatic carbocycles. The summed E-state index contributed by atoms with van der Waals surface area (Å²) in [6, 6.07) is 0. The summed E-state index contributed by atoms with van der Waals surface area (Å²) in [5.74, 6) is 0.313. The second kappa shape index (κ2) is 7.28. The number of carbonyl (C=O) groups excluding carboxylic acids is 1. The highest BCUT2D eigenvalue weighted by molar-refractivity contribution is 5.73. The predicted octanol–water partition coefficient (Wildman–Crippen LogP) is 3.51. The van der Waals surface area contributed by atoms with Gasteiger partial charge in [-0.15, -0.1) is 0 Å². The van der Waals surface area contributed by atoms with Gasteiger partial charge in [0.25, 0.3) is 0 Å². The van der Waals surface area contributed by atoms with Crippen LogP contribution in [-0.2, 0) is 9.53 Å². The molecular weight excluding hydrogens is 238 g/mol. The molecule has 0 spiro atoms. The molecule has 0 amide bonds. The van der Waals surface area contributed by atoms with Gasteiger partial charge in [-0.25, -0.2) is 0 Å². The highest BCUT2D eigenvalue weighted by Gasteiger charge is 2.31. The van der Waals surface area contributed by atoms with E-state index in [9.17, 15) is 4.79 Å². The van der Waals surface area contributed by atoms with Crippen molar-refractivity contribution < 1.29 is 9.53 Å². The van der Waals surface area contributed by atoms with Crippen molar-refractivity contribution in [3.05, 3.63) is 0 Å². The van der Waals surface area contributed by atoms with Crippen molar-refractivity contribution in [3.8, 4) is 0 Å². The van der Waals surface area contributed by atoms with Crippen LogP contribution in [0.25, 0.3) is 0 Å². The van der Waals surface area contributed by atoms with Crippen LogP contribution < -0.4 is 5.73 Å². The number of nitrogens with two attached hydrogens (primary N) is 1. The minimum Gasteiger partial charge on any atom is -0.462 e. The first-order valence-corrected chi connectivity index (χ1v) is 7.78. The molecule has 1 saturated carbocycles. The summed E-state index contributed by atoms with van der Waals surface area (Å²) in [7, 11) is 0. The standard InChI is InChI=1S/C16H31NO2/c1-5-12-8-6-7-9-14(12)19-15(18)13(11-17)10-16(2,3)4/h12-14H,5-11,17H2,1-4H3. The number of hydrogen-bond acceptors (Lipinski definition) is 3. The molecule has 0 saturated heterocycles. The van der Waals surface area contributed by atoms with Crippen LogP contribution in [0.3, 0.4) is 0 Å². The van der Waals surface area contributed by atoms with Crippen LogP contribution in [0, 0.1) is 17.3 Å². The van der Waals surface area contributed by atoms with E-state index in [0.717, 1.165) is 19.3 Å². The topological polar surface area (TPSA) is 52.3 Å². The van der Waals surface area contributed by atoms with Crippen molar-refractivity contribution in [3.63, 3.8) is 0 Å². The molecule has 3 heteroatoms. The van der Waals surface area contributed by atoms with Gasteiger partial charge in [0.1, 0.15) is 6.10 Å². The largest absolute Gasteiger partial charge is 0.462 e. The zero-order valence-electron chi connectivity index (χ0n) is 13.1. The van der Waals surface area contributed by atoms with Crippen molar-refractivity contribution in [2.24, 2.45) is 23.0 Å². The Morgan fingerprint density at radius 1 is 1.32 bits per heavy atom. The van der Waals surface area contributed by atoms with Crippen LogP contribution in [-0.4, -0.2) is 18.6 Å². The fourth-order valence-corrected chi connectivity index (χ4v) is 3.04. The first-order chi connectivity index (χ1) is 8.87. The van der Waals surface area contributed by atoms with E-state index in [1.54, 1.807) is 0 Å². The summed E-state index contributed by atoms with van der Waals surface area (Å²) in [6.45, 7) is 8.99. The molecule has 2 N–H and O–H groups in total. The Bertz CT molecular complexity index is 283. The second-order valence-electron chi connectivity index (χ2n) is 7.13. The molecule has 0 aromatic carbocycles. The SMILES string of the molecule is CCC1CCCCC1OC(=O)C(CN)CC(C)(C)C. The van der Waals surface area contributed by atoms with E-state index in [1.807, 2.05) is 0 Å². The Balaban J connectivity index is 2.55. The number of carbonyl (C=O) groups is 1. The molecule has 3 nitrogen and oxygen atoms in total. The zero-order chi connectivity index (χ0) is 14.5. The van der Waals surface area contributed by atoms with E-state index in [1.165, 1.54) is 19.3 Å². The third-order valence-corrected chi connectivity index (χ3v) is 4.11. The van der Waals surface area contributed by atoms with Gasteiger partial charge < -0.3 is 10.5 Å². The zero-order valence-corrected chi connectivity index (χ0v) is 13.1. The van der Waals surface area contributed by atoms with Crippen LogP contribution >= 0.6 is 0 Å². The lowest BCUT2D eigenvalue weighted by Gasteiger charge is -2.32. The van der Waals surface area contributed by atoms with Crippen molar-refractivity contribution in [1.82, 2.24) is 0 Å². The minimum atomic E-state index is -0.153. The van der Waals surface area contributed by atoms with Gasteiger partial charge in [0, 0.05) is 6.54 Å². The Morgan fingerprint density at radius 3 is 2.47 bits per heavy atom. The van der Waals surface area contributed by atoms with E-state index in [2.05, 4.69) is 27.7 Å². The van der Waals surface area contributed by atoms with Gasteiger partial charge in [0.2, 0.25) is 0 Å². The molecule has 0 heterocycles. The van der Waals surface area contributed by atoms with E-state index in [-0.39, 0.29) is 23.4 Å². The van der Waals surface area contributed by atoms with Crippen LogP contribution in [0.4, 0.5) is 0 Å². The monoisotopic (exact) mass is 269 g/mol. The normalized spacial score (nSPS) is 25.9. The number of ether oxygens (including phenoxy) is 1. The molecular formula is C16H31NO2. The molecule has 19 heavy (non-hydrogen) atoms. The molecule has 112 valence electrons. The number of hydrogen-bond donors (Lipinski definition) is 1. The summed E-state index contributed by atoms with van der Waals surface area (Å²) in [4.78, 5) is 12.3. The first-order valence-electron chi connectivity index (χ1n) is 7.78. The summed E-state index contributed by atoms with van der Waals surface area (Å²) in [5, 5.41) is 0. The van der Waals surface area contributed by atoms with E-state index < -0.39 is 0 Å². The van der Waals surface area contributed by atoms with Gasteiger partial charge >= 0.3 is 5.97 Å². The highest BCUT2D eigenvalue weighted by Crippen LogP contribution is 2.31. The first kappa shape index (κ1) is 16.5. The average molecular weight is 269 g/mol. The van der Waals surface area contributed by atoms with E-state index in [4.69, 9.17) is 10.5 Å². The molecule has 0 bridgehead atoms. The third-order valence-electron chi connectivity index (χ3n) is 4.11. The second-order valence-corrected chi connectivity index (χ2v) is 7.13. The van der Waals surface area contributed by atoms with Gasteiger partial charge in [-0.1, -0.05) is 34.1 Å². The molecule has 0 aliphatic heterocycles. The molecule has 1 fully saturated rings. The maximum atomic E-state index is 12.3. The van der Waals surface area contributed by atoms with E-state index in [0.29, 0.717) is 12.5 Å². The lowest BCUT2D eigenvalue weighted by atomic mass is 9.83. The summed E-state index contributed by atoms with van der Waals surface area (Å²) in [5.41, 5.74) is 5.86. The van der Waals surface area contributed by atoms with Gasteiger partial charge in [-0.2, -0.15) is 0 Å². The maximum Gasteiger partial charge on any atom is 0.310 e. The van der Waals surface area contributed by atoms with E-state index >= 15 is 0 Å². The average Bonchev–Trinajstić information content (AvgIpc) is 2.35. The molecule has 3 atom stereocenters. The molecule has 0 aromatic heterocycles. The predicted molar refractivity (Wildman–Crippen MR) is 78.7 cm³/mol. The Morgan fingerprint density at radius 2 is 1.95 bits per heavy atom. The fraction of sp³-hybridized carbons (Fsp3) is 0.938. The van der Waals surface area contributed by atoms with Gasteiger partial charge in [0.05, 0.1) is 5.92 Å². The fourth-order valence-electron chi connectivity index (χ4n) is 3.04. The number of rotatable bonds is 5. The van der Waals surface area contributed by atoms with Gasteiger partial charge in [-0.3, -0.25) is 4.79 Å². The Labute approximate surface area is 118 Å².